The topological polar surface area (TPSA) is 88.9 Å². The Kier molecular flexibility index (Phi) is 7.40. The molecule has 0 aliphatic rings. The maximum Gasteiger partial charge on any atom is 0.230 e. The highest BCUT2D eigenvalue weighted by Crippen LogP contribution is 2.21. The van der Waals surface area contributed by atoms with Crippen LogP contribution < -0.4 is 10.6 Å². The third-order valence-electron chi connectivity index (χ3n) is 4.10. The molecular weight excluding hydrogens is 386 g/mol. The molecule has 1 aromatic heterocycles. The van der Waals surface area contributed by atoms with Crippen LogP contribution in [0.1, 0.15) is 18.9 Å². The molecule has 0 unspecified atom stereocenters. The number of thioether (sulfide) groups is 1. The van der Waals surface area contributed by atoms with E-state index in [0.717, 1.165) is 18.5 Å². The normalized spacial score (nSPS) is 10.5. The lowest BCUT2D eigenvalue weighted by molar-refractivity contribution is -0.118. The van der Waals surface area contributed by atoms with Gasteiger partial charge in [0.2, 0.25) is 11.8 Å². The first-order chi connectivity index (χ1) is 14.1. The Bertz CT molecular complexity index is 958. The van der Waals surface area contributed by atoms with Gasteiger partial charge in [0.15, 0.2) is 5.16 Å². The fourth-order valence-electron chi connectivity index (χ4n) is 2.78. The molecule has 0 aliphatic carbocycles. The zero-order valence-electron chi connectivity index (χ0n) is 16.2. The number of carbonyl (C=O) groups excluding carboxylic acids is 2. The van der Waals surface area contributed by atoms with Gasteiger partial charge in [0.1, 0.15) is 6.33 Å². The molecule has 3 rings (SSSR count). The second-order valence-electron chi connectivity index (χ2n) is 6.44. The van der Waals surface area contributed by atoms with Crippen molar-refractivity contribution < 1.29 is 9.59 Å². The first kappa shape index (κ1) is 20.6. The van der Waals surface area contributed by atoms with Crippen molar-refractivity contribution in [3.63, 3.8) is 0 Å². The summed E-state index contributed by atoms with van der Waals surface area (Å²) in [6.07, 6.45) is 3.42. The van der Waals surface area contributed by atoms with Crippen LogP contribution in [0.4, 0.5) is 5.69 Å². The van der Waals surface area contributed by atoms with E-state index in [1.54, 1.807) is 10.9 Å². The van der Waals surface area contributed by atoms with Gasteiger partial charge >= 0.3 is 0 Å². The number of carbonyl (C=O) groups is 2. The van der Waals surface area contributed by atoms with Crippen molar-refractivity contribution in [2.24, 2.45) is 0 Å². The van der Waals surface area contributed by atoms with Crippen molar-refractivity contribution in [1.82, 2.24) is 20.1 Å². The van der Waals surface area contributed by atoms with Crippen LogP contribution in [-0.4, -0.2) is 38.9 Å². The van der Waals surface area contributed by atoms with Gasteiger partial charge in [0, 0.05) is 19.2 Å². The maximum atomic E-state index is 12.1. The van der Waals surface area contributed by atoms with Crippen LogP contribution in [0.2, 0.25) is 0 Å². The monoisotopic (exact) mass is 409 g/mol. The van der Waals surface area contributed by atoms with Crippen LogP contribution in [0.5, 0.6) is 0 Å². The molecule has 0 saturated heterocycles. The Morgan fingerprint density at radius 3 is 2.72 bits per heavy atom. The van der Waals surface area contributed by atoms with Crippen LogP contribution in [0.3, 0.4) is 0 Å². The number of amides is 2. The number of aromatic nitrogens is 3. The number of hydrogen-bond acceptors (Lipinski definition) is 5. The molecule has 150 valence electrons. The largest absolute Gasteiger partial charge is 0.355 e. The van der Waals surface area contributed by atoms with Gasteiger partial charge in [-0.2, -0.15) is 0 Å². The molecule has 1 heterocycles. The molecule has 0 fully saturated rings. The van der Waals surface area contributed by atoms with Crippen molar-refractivity contribution in [2.45, 2.75) is 24.9 Å². The SMILES string of the molecule is CC(=O)Nc1cccc(-n2cnnc2SCC(=O)NCCCc2ccccc2)c1. The quantitative estimate of drug-likeness (QED) is 0.419. The summed E-state index contributed by atoms with van der Waals surface area (Å²) in [4.78, 5) is 23.4. The summed E-state index contributed by atoms with van der Waals surface area (Å²) in [5, 5.41) is 14.4. The third kappa shape index (κ3) is 6.46. The van der Waals surface area contributed by atoms with E-state index in [4.69, 9.17) is 0 Å². The third-order valence-corrected chi connectivity index (χ3v) is 5.04. The number of hydrogen-bond donors (Lipinski definition) is 2. The highest BCUT2D eigenvalue weighted by Gasteiger charge is 2.10. The molecule has 3 aromatic rings. The molecule has 7 nitrogen and oxygen atoms in total. The number of nitrogens with zero attached hydrogens (tertiary/aromatic N) is 3. The zero-order valence-corrected chi connectivity index (χ0v) is 17.0. The van der Waals surface area contributed by atoms with E-state index in [9.17, 15) is 9.59 Å². The van der Waals surface area contributed by atoms with E-state index < -0.39 is 0 Å². The molecule has 2 aromatic carbocycles. The highest BCUT2D eigenvalue weighted by molar-refractivity contribution is 7.99. The van der Waals surface area contributed by atoms with Crippen LogP contribution in [0.15, 0.2) is 66.1 Å². The lowest BCUT2D eigenvalue weighted by Crippen LogP contribution is -2.26. The van der Waals surface area contributed by atoms with Gasteiger partial charge in [0.25, 0.3) is 0 Å². The fraction of sp³-hybridized carbons (Fsp3) is 0.238. The van der Waals surface area contributed by atoms with Crippen LogP contribution >= 0.6 is 11.8 Å². The van der Waals surface area contributed by atoms with Gasteiger partial charge in [-0.1, -0.05) is 48.2 Å². The summed E-state index contributed by atoms with van der Waals surface area (Å²) < 4.78 is 1.79. The molecule has 2 N–H and O–H groups in total. The molecule has 29 heavy (non-hydrogen) atoms. The summed E-state index contributed by atoms with van der Waals surface area (Å²) in [6, 6.07) is 17.6. The lowest BCUT2D eigenvalue weighted by Gasteiger charge is -2.09. The van der Waals surface area contributed by atoms with Crippen LogP contribution in [0.25, 0.3) is 5.69 Å². The Balaban J connectivity index is 1.48. The Morgan fingerprint density at radius 2 is 1.93 bits per heavy atom. The van der Waals surface area contributed by atoms with Crippen molar-refractivity contribution in [3.05, 3.63) is 66.5 Å². The zero-order chi connectivity index (χ0) is 20.5. The minimum absolute atomic E-state index is 0.0374. The average molecular weight is 410 g/mol. The van der Waals surface area contributed by atoms with Crippen molar-refractivity contribution in [2.75, 3.05) is 17.6 Å². The summed E-state index contributed by atoms with van der Waals surface area (Å²) >= 11 is 1.32. The van der Waals surface area contributed by atoms with Crippen LogP contribution in [-0.2, 0) is 16.0 Å². The molecule has 8 heteroatoms. The first-order valence-corrected chi connectivity index (χ1v) is 10.3. The van der Waals surface area contributed by atoms with E-state index in [2.05, 4.69) is 33.0 Å². The van der Waals surface area contributed by atoms with Crippen molar-refractivity contribution in [1.29, 1.82) is 0 Å². The molecule has 2 amide bonds. The average Bonchev–Trinajstić information content (AvgIpc) is 3.19. The standard InChI is InChI=1S/C21H23N5O2S/c1-16(27)24-18-10-5-11-19(13-18)26-15-23-25-21(26)29-14-20(28)22-12-6-9-17-7-3-2-4-8-17/h2-5,7-8,10-11,13,15H,6,9,12,14H2,1H3,(H,22,28)(H,24,27). The Labute approximate surface area is 173 Å². The molecule has 0 aliphatic heterocycles. The highest BCUT2D eigenvalue weighted by atomic mass is 32.2. The van der Waals surface area contributed by atoms with E-state index in [1.165, 1.54) is 24.2 Å². The molecule has 0 radical (unpaired) electrons. The maximum absolute atomic E-state index is 12.1. The predicted molar refractivity (Wildman–Crippen MR) is 114 cm³/mol. The van der Waals surface area contributed by atoms with Gasteiger partial charge in [-0.25, -0.2) is 0 Å². The van der Waals surface area contributed by atoms with E-state index >= 15 is 0 Å². The summed E-state index contributed by atoms with van der Waals surface area (Å²) in [5.41, 5.74) is 2.77. The number of anilines is 1. The molecule has 0 saturated carbocycles. The summed E-state index contributed by atoms with van der Waals surface area (Å²) in [7, 11) is 0. The Morgan fingerprint density at radius 1 is 1.10 bits per heavy atom. The number of rotatable bonds is 9. The first-order valence-electron chi connectivity index (χ1n) is 9.33. The Hall–Kier alpha value is -3.13. The van der Waals surface area contributed by atoms with Crippen molar-refractivity contribution >= 4 is 29.3 Å². The van der Waals surface area contributed by atoms with Crippen LogP contribution in [0, 0.1) is 0 Å². The van der Waals surface area contributed by atoms with E-state index in [1.807, 2.05) is 42.5 Å². The van der Waals surface area contributed by atoms with Gasteiger partial charge in [-0.05, 0) is 36.6 Å². The van der Waals surface area contributed by atoms with E-state index in [-0.39, 0.29) is 17.6 Å². The predicted octanol–water partition coefficient (Wildman–Crippen LogP) is 3.07. The smallest absolute Gasteiger partial charge is 0.230 e. The molecule has 0 atom stereocenters. The molecule has 0 bridgehead atoms. The second-order valence-corrected chi connectivity index (χ2v) is 7.39. The molecular formula is C21H23N5O2S. The summed E-state index contributed by atoms with van der Waals surface area (Å²) in [6.45, 7) is 2.10. The van der Waals surface area contributed by atoms with Gasteiger partial charge in [-0.3, -0.25) is 14.2 Å². The van der Waals surface area contributed by atoms with E-state index in [0.29, 0.717) is 17.4 Å². The number of aryl methyl sites for hydroxylation is 1. The molecule has 0 spiro atoms. The number of benzene rings is 2. The lowest BCUT2D eigenvalue weighted by atomic mass is 10.1. The summed E-state index contributed by atoms with van der Waals surface area (Å²) in [5.74, 6) is 0.0872. The number of nitrogens with one attached hydrogen (secondary N) is 2. The van der Waals surface area contributed by atoms with Gasteiger partial charge in [-0.15, -0.1) is 10.2 Å². The van der Waals surface area contributed by atoms with Gasteiger partial charge < -0.3 is 10.6 Å². The minimum Gasteiger partial charge on any atom is -0.355 e. The van der Waals surface area contributed by atoms with Crippen molar-refractivity contribution in [3.8, 4) is 5.69 Å². The fourth-order valence-corrected chi connectivity index (χ4v) is 3.54. The van der Waals surface area contributed by atoms with Gasteiger partial charge in [0.05, 0.1) is 11.4 Å². The minimum atomic E-state index is -0.135. The second kappa shape index (κ2) is 10.4.